The fraction of sp³-hybridized carbons (Fsp3) is 0.714. The van der Waals surface area contributed by atoms with Crippen molar-refractivity contribution in [3.05, 3.63) is 15.7 Å². The lowest BCUT2D eigenvalue weighted by molar-refractivity contribution is -0.00153. The van der Waals surface area contributed by atoms with Crippen molar-refractivity contribution in [1.82, 2.24) is 14.8 Å². The molecule has 2 unspecified atom stereocenters. The van der Waals surface area contributed by atoms with Gasteiger partial charge in [0.25, 0.3) is 0 Å². The number of amides is 1. The summed E-state index contributed by atoms with van der Waals surface area (Å²) in [5, 5.41) is 0.676. The molecular weight excluding hydrogens is 427 g/mol. The van der Waals surface area contributed by atoms with Gasteiger partial charge in [0.2, 0.25) is 0 Å². The van der Waals surface area contributed by atoms with Gasteiger partial charge in [0, 0.05) is 38.8 Å². The van der Waals surface area contributed by atoms with E-state index in [-0.39, 0.29) is 12.1 Å². The number of halogens is 2. The number of pyridine rings is 1. The molecule has 1 saturated carbocycles. The minimum atomic E-state index is -0.508. The highest BCUT2D eigenvalue weighted by molar-refractivity contribution is 6.42. The van der Waals surface area contributed by atoms with Crippen LogP contribution >= 0.6 is 23.2 Å². The van der Waals surface area contributed by atoms with Crippen LogP contribution in [0.4, 0.5) is 10.6 Å². The molecule has 164 valence electrons. The van der Waals surface area contributed by atoms with Crippen molar-refractivity contribution in [3.8, 4) is 5.75 Å². The zero-order valence-corrected chi connectivity index (χ0v) is 19.2. The normalized spacial score (nSPS) is 28.2. The van der Waals surface area contributed by atoms with E-state index in [1.165, 1.54) is 12.8 Å². The molecule has 0 bridgehead atoms. The Bertz CT molecular complexity index is 875. The van der Waals surface area contributed by atoms with Gasteiger partial charge >= 0.3 is 6.09 Å². The summed E-state index contributed by atoms with van der Waals surface area (Å²) in [6.07, 6.45) is 2.16. The number of nitrogens with zero attached hydrogens (tertiary/aromatic N) is 4. The van der Waals surface area contributed by atoms with Crippen LogP contribution in [0.2, 0.25) is 10.2 Å². The maximum absolute atomic E-state index is 12.5. The Morgan fingerprint density at radius 3 is 2.70 bits per heavy atom. The van der Waals surface area contributed by atoms with Crippen molar-refractivity contribution in [2.24, 2.45) is 5.92 Å². The Labute approximate surface area is 187 Å². The van der Waals surface area contributed by atoms with E-state index in [4.69, 9.17) is 32.7 Å². The van der Waals surface area contributed by atoms with E-state index in [2.05, 4.69) is 14.8 Å². The highest BCUT2D eigenvalue weighted by atomic mass is 35.5. The van der Waals surface area contributed by atoms with Crippen molar-refractivity contribution in [2.45, 2.75) is 57.8 Å². The summed E-state index contributed by atoms with van der Waals surface area (Å²) < 4.78 is 11.8. The van der Waals surface area contributed by atoms with Gasteiger partial charge in [-0.2, -0.15) is 0 Å². The summed E-state index contributed by atoms with van der Waals surface area (Å²) in [6, 6.07) is 0.635. The molecular formula is C21H28Cl2N4O3. The van der Waals surface area contributed by atoms with Crippen LogP contribution in [0, 0.1) is 5.92 Å². The van der Waals surface area contributed by atoms with Crippen LogP contribution in [0.3, 0.4) is 0 Å². The molecule has 7 nitrogen and oxygen atoms in total. The molecule has 9 heteroatoms. The van der Waals surface area contributed by atoms with E-state index in [1.807, 2.05) is 20.8 Å². The molecule has 1 aromatic heterocycles. The molecule has 1 aliphatic carbocycles. The van der Waals surface area contributed by atoms with Gasteiger partial charge in [-0.1, -0.05) is 23.2 Å². The van der Waals surface area contributed by atoms with Gasteiger partial charge < -0.3 is 19.3 Å². The third-order valence-corrected chi connectivity index (χ3v) is 7.19. The quantitative estimate of drug-likeness (QED) is 0.601. The first-order valence-electron chi connectivity index (χ1n) is 10.7. The molecule has 4 heterocycles. The van der Waals surface area contributed by atoms with Crippen LogP contribution in [0.15, 0.2) is 0 Å². The van der Waals surface area contributed by atoms with Gasteiger partial charge in [0.05, 0.1) is 11.6 Å². The smallest absolute Gasteiger partial charge is 0.410 e. The SMILES string of the molecule is CC(C)(C)OC(=O)N1CCN2Cc3c(N4CCC5CC54)nc(Cl)c(Cl)c3OC[C@H]2C1. The van der Waals surface area contributed by atoms with Gasteiger partial charge in [-0.3, -0.25) is 4.90 Å². The van der Waals surface area contributed by atoms with Crippen LogP contribution in [-0.4, -0.2) is 71.3 Å². The average Bonchev–Trinajstić information content (AvgIpc) is 3.38. The second-order valence-electron chi connectivity index (χ2n) is 9.75. The van der Waals surface area contributed by atoms with Crippen molar-refractivity contribution in [1.29, 1.82) is 0 Å². The van der Waals surface area contributed by atoms with Gasteiger partial charge in [-0.15, -0.1) is 0 Å². The summed E-state index contributed by atoms with van der Waals surface area (Å²) in [6.45, 7) is 9.72. The number of anilines is 1. The predicted octanol–water partition coefficient (Wildman–Crippen LogP) is 3.80. The van der Waals surface area contributed by atoms with Crippen LogP contribution in [0.1, 0.15) is 39.2 Å². The average molecular weight is 455 g/mol. The number of carbonyl (C=O) groups excluding carboxylic acids is 1. The Kier molecular flexibility index (Phi) is 4.99. The van der Waals surface area contributed by atoms with E-state index in [9.17, 15) is 4.79 Å². The highest BCUT2D eigenvalue weighted by Gasteiger charge is 2.48. The number of fused-ring (bicyclic) bond motifs is 3. The molecule has 5 rings (SSSR count). The van der Waals surface area contributed by atoms with Gasteiger partial charge in [0.15, 0.2) is 5.15 Å². The first-order valence-corrected chi connectivity index (χ1v) is 11.5. The van der Waals surface area contributed by atoms with Gasteiger partial charge in [-0.05, 0) is 39.5 Å². The molecule has 3 fully saturated rings. The Morgan fingerprint density at radius 1 is 1.23 bits per heavy atom. The van der Waals surface area contributed by atoms with Crippen molar-refractivity contribution < 1.29 is 14.3 Å². The molecule has 3 atom stereocenters. The van der Waals surface area contributed by atoms with Crippen LogP contribution in [0.5, 0.6) is 5.75 Å². The Balaban J connectivity index is 1.39. The largest absolute Gasteiger partial charge is 0.490 e. The van der Waals surface area contributed by atoms with Crippen molar-refractivity contribution in [2.75, 3.05) is 37.7 Å². The highest BCUT2D eigenvalue weighted by Crippen LogP contribution is 2.50. The van der Waals surface area contributed by atoms with Crippen LogP contribution in [0.25, 0.3) is 0 Å². The Hall–Kier alpha value is -1.44. The Morgan fingerprint density at radius 2 is 2.03 bits per heavy atom. The minimum absolute atomic E-state index is 0.0635. The molecule has 1 amide bonds. The second-order valence-corrected chi connectivity index (χ2v) is 10.5. The summed E-state index contributed by atoms with van der Waals surface area (Å²) in [4.78, 5) is 23.7. The third kappa shape index (κ3) is 3.69. The number of carbonyl (C=O) groups is 1. The monoisotopic (exact) mass is 454 g/mol. The maximum Gasteiger partial charge on any atom is 0.410 e. The first-order chi connectivity index (χ1) is 14.2. The van der Waals surface area contributed by atoms with E-state index >= 15 is 0 Å². The molecule has 0 aromatic carbocycles. The number of hydrogen-bond acceptors (Lipinski definition) is 6. The van der Waals surface area contributed by atoms with E-state index < -0.39 is 5.60 Å². The predicted molar refractivity (Wildman–Crippen MR) is 116 cm³/mol. The van der Waals surface area contributed by atoms with E-state index in [1.54, 1.807) is 4.90 Å². The maximum atomic E-state index is 12.5. The molecule has 2 saturated heterocycles. The summed E-state index contributed by atoms with van der Waals surface area (Å²) in [7, 11) is 0. The molecule has 1 aromatic rings. The molecule has 0 N–H and O–H groups in total. The third-order valence-electron chi connectivity index (χ3n) is 6.46. The van der Waals surface area contributed by atoms with Crippen molar-refractivity contribution in [3.63, 3.8) is 0 Å². The second kappa shape index (κ2) is 7.31. The topological polar surface area (TPSA) is 58.1 Å². The van der Waals surface area contributed by atoms with Crippen LogP contribution < -0.4 is 9.64 Å². The number of rotatable bonds is 1. The standard InChI is InChI=1S/C21H28Cl2N4O3/c1-21(2,3)30-20(28)26-7-6-25-10-14-17(29-11-13(25)9-26)16(22)18(23)24-19(14)27-5-4-12-8-15(12)27/h12-13,15H,4-11H2,1-3H3/t12?,13-,15?/m1/s1. The molecule has 30 heavy (non-hydrogen) atoms. The van der Waals surface area contributed by atoms with Crippen LogP contribution in [-0.2, 0) is 11.3 Å². The fourth-order valence-corrected chi connectivity index (χ4v) is 5.24. The number of ether oxygens (including phenoxy) is 2. The number of piperazine rings is 1. The molecule has 3 aliphatic heterocycles. The lowest BCUT2D eigenvalue weighted by Crippen LogP contribution is -2.56. The lowest BCUT2D eigenvalue weighted by Gasteiger charge is -2.40. The summed E-state index contributed by atoms with van der Waals surface area (Å²) in [5.74, 6) is 2.35. The number of hydrogen-bond donors (Lipinski definition) is 0. The van der Waals surface area contributed by atoms with E-state index in [0.29, 0.717) is 48.2 Å². The summed E-state index contributed by atoms with van der Waals surface area (Å²) >= 11 is 12.9. The first kappa shape index (κ1) is 20.5. The lowest BCUT2D eigenvalue weighted by atomic mass is 10.1. The van der Waals surface area contributed by atoms with Gasteiger partial charge in [-0.25, -0.2) is 9.78 Å². The zero-order chi connectivity index (χ0) is 21.2. The number of aromatic nitrogens is 1. The van der Waals surface area contributed by atoms with E-state index in [0.717, 1.165) is 30.4 Å². The summed E-state index contributed by atoms with van der Waals surface area (Å²) in [5.41, 5.74) is 0.510. The number of piperidine rings is 1. The molecule has 4 aliphatic rings. The van der Waals surface area contributed by atoms with Gasteiger partial charge in [0.1, 0.15) is 28.8 Å². The fourth-order valence-electron chi connectivity index (χ4n) is 4.86. The minimum Gasteiger partial charge on any atom is -0.490 e. The zero-order valence-electron chi connectivity index (χ0n) is 17.7. The molecule has 0 radical (unpaired) electrons. The molecule has 0 spiro atoms. The van der Waals surface area contributed by atoms with Crippen molar-refractivity contribution >= 4 is 35.1 Å².